The van der Waals surface area contributed by atoms with Gasteiger partial charge in [0.25, 0.3) is 5.78 Å². The van der Waals surface area contributed by atoms with Gasteiger partial charge in [0.15, 0.2) is 5.82 Å². The lowest BCUT2D eigenvalue weighted by Gasteiger charge is -2.48. The number of hydrogen-bond acceptors (Lipinski definition) is 10. The van der Waals surface area contributed by atoms with E-state index in [0.29, 0.717) is 27.8 Å². The molecule has 11 nitrogen and oxygen atoms in total. The van der Waals surface area contributed by atoms with E-state index < -0.39 is 17.9 Å². The first-order valence-electron chi connectivity index (χ1n) is 8.20. The molecule has 4 rings (SSSR count). The number of amides is 1. The first-order chi connectivity index (χ1) is 13.4. The van der Waals surface area contributed by atoms with Crippen LogP contribution in [0.25, 0.3) is 5.78 Å². The summed E-state index contributed by atoms with van der Waals surface area (Å²) in [6, 6.07) is 0.949. The number of rotatable bonds is 6. The second kappa shape index (κ2) is 7.33. The fourth-order valence-electron chi connectivity index (χ4n) is 3.03. The zero-order valence-electron chi connectivity index (χ0n) is 14.3. The average molecular weight is 424 g/mol. The van der Waals surface area contributed by atoms with Gasteiger partial charge in [-0.2, -0.15) is 9.50 Å². The summed E-state index contributed by atoms with van der Waals surface area (Å²) in [6.45, 7) is -0.655. The topological polar surface area (TPSA) is 167 Å². The second-order valence-electron chi connectivity index (χ2n) is 6.12. The minimum Gasteiger partial charge on any atom is -0.477 e. The molecule has 2 aliphatic heterocycles. The molecule has 148 valence electrons. The van der Waals surface area contributed by atoms with Crippen molar-refractivity contribution in [2.24, 2.45) is 5.73 Å². The standard InChI is InChI=1S/C15H16N6O5S2/c16-10-12(24)20-11(14(25)26)6(5-28-13(10)20)4-27-9-1-7(2-22)17-15-18-8(3-23)19-21(9)15/h1,10,13,22-23H,2-5,16H2,(H,25,26)/t10?,13-/m0/s1. The van der Waals surface area contributed by atoms with E-state index >= 15 is 0 Å². The first-order valence-corrected chi connectivity index (χ1v) is 10.2. The highest BCUT2D eigenvalue weighted by molar-refractivity contribution is 8.01. The average Bonchev–Trinajstić information content (AvgIpc) is 3.13. The maximum absolute atomic E-state index is 12.0. The van der Waals surface area contributed by atoms with E-state index in [1.807, 2.05) is 0 Å². The largest absolute Gasteiger partial charge is 0.477 e. The fraction of sp³-hybridized carbons (Fsp3) is 0.400. The molecule has 0 bridgehead atoms. The van der Waals surface area contributed by atoms with Gasteiger partial charge in [0.1, 0.15) is 28.7 Å². The molecule has 2 aromatic rings. The van der Waals surface area contributed by atoms with Crippen molar-refractivity contribution in [1.82, 2.24) is 24.5 Å². The predicted octanol–water partition coefficient (Wildman–Crippen LogP) is -1.22. The van der Waals surface area contributed by atoms with Gasteiger partial charge in [-0.3, -0.25) is 9.69 Å². The number of thioether (sulfide) groups is 2. The van der Waals surface area contributed by atoms with Crippen molar-refractivity contribution >= 4 is 41.2 Å². The Morgan fingerprint density at radius 2 is 2.14 bits per heavy atom. The van der Waals surface area contributed by atoms with Crippen molar-refractivity contribution in [3.63, 3.8) is 0 Å². The van der Waals surface area contributed by atoms with Crippen LogP contribution < -0.4 is 5.73 Å². The number of nitrogens with two attached hydrogens (primary N) is 1. The quantitative estimate of drug-likeness (QED) is 0.249. The summed E-state index contributed by atoms with van der Waals surface area (Å²) in [6.07, 6.45) is 0. The zero-order valence-corrected chi connectivity index (χ0v) is 16.0. The van der Waals surface area contributed by atoms with Crippen LogP contribution in [-0.4, -0.2) is 74.6 Å². The molecule has 1 amide bonds. The molecule has 0 aliphatic carbocycles. The van der Waals surface area contributed by atoms with Gasteiger partial charge < -0.3 is 21.1 Å². The van der Waals surface area contributed by atoms with Gasteiger partial charge >= 0.3 is 5.97 Å². The van der Waals surface area contributed by atoms with E-state index in [0.717, 1.165) is 0 Å². The number of carbonyl (C=O) groups is 2. The molecule has 13 heteroatoms. The first kappa shape index (κ1) is 19.1. The predicted molar refractivity (Wildman–Crippen MR) is 99.1 cm³/mol. The number of aromatic nitrogens is 4. The number of hydrogen-bond donors (Lipinski definition) is 4. The molecular formula is C15H16N6O5S2. The van der Waals surface area contributed by atoms with E-state index in [9.17, 15) is 24.9 Å². The van der Waals surface area contributed by atoms with Crippen LogP contribution in [0.3, 0.4) is 0 Å². The summed E-state index contributed by atoms with van der Waals surface area (Å²) in [5.74, 6) is -0.413. The molecule has 0 aromatic carbocycles. The van der Waals surface area contributed by atoms with Crippen molar-refractivity contribution in [2.75, 3.05) is 11.5 Å². The van der Waals surface area contributed by atoms with Crippen molar-refractivity contribution in [1.29, 1.82) is 0 Å². The normalized spacial score (nSPS) is 21.8. The maximum atomic E-state index is 12.0. The van der Waals surface area contributed by atoms with E-state index in [4.69, 9.17) is 5.73 Å². The molecule has 0 radical (unpaired) electrons. The Balaban J connectivity index is 1.66. The molecule has 0 saturated carbocycles. The summed E-state index contributed by atoms with van der Waals surface area (Å²) in [5.41, 5.74) is 6.70. The van der Waals surface area contributed by atoms with Crippen LogP contribution in [0.5, 0.6) is 0 Å². The molecular weight excluding hydrogens is 408 g/mol. The Kier molecular flexibility index (Phi) is 5.01. The maximum Gasteiger partial charge on any atom is 0.352 e. The Labute approximate surface area is 166 Å². The number of nitrogens with zero attached hydrogens (tertiary/aromatic N) is 5. The Bertz CT molecular complexity index is 1010. The number of carboxylic acids is 1. The van der Waals surface area contributed by atoms with Crippen LogP contribution in [-0.2, 0) is 22.8 Å². The summed E-state index contributed by atoms with van der Waals surface area (Å²) in [4.78, 5) is 33.3. The molecule has 1 fully saturated rings. The highest BCUT2D eigenvalue weighted by Crippen LogP contribution is 2.40. The van der Waals surface area contributed by atoms with Crippen LogP contribution in [0.1, 0.15) is 11.5 Å². The molecule has 2 aliphatic rings. The Morgan fingerprint density at radius 3 is 2.82 bits per heavy atom. The number of β-lactam (4-membered cyclic amide) rings is 1. The number of aliphatic carboxylic acids is 1. The van der Waals surface area contributed by atoms with Gasteiger partial charge in [0.05, 0.1) is 12.3 Å². The zero-order chi connectivity index (χ0) is 20.0. The Morgan fingerprint density at radius 1 is 1.36 bits per heavy atom. The number of fused-ring (bicyclic) bond motifs is 2. The second-order valence-corrected chi connectivity index (χ2v) is 8.22. The van der Waals surface area contributed by atoms with Crippen LogP contribution in [0, 0.1) is 0 Å². The highest BCUT2D eigenvalue weighted by atomic mass is 32.2. The molecule has 5 N–H and O–H groups in total. The summed E-state index contributed by atoms with van der Waals surface area (Å²) >= 11 is 2.72. The molecule has 2 atom stereocenters. The summed E-state index contributed by atoms with van der Waals surface area (Å²) < 4.78 is 1.43. The molecule has 28 heavy (non-hydrogen) atoms. The van der Waals surface area contributed by atoms with Gasteiger partial charge in [0.2, 0.25) is 5.91 Å². The van der Waals surface area contributed by atoms with Gasteiger partial charge in [0, 0.05) is 11.5 Å². The summed E-state index contributed by atoms with van der Waals surface area (Å²) in [5, 5.41) is 32.7. The van der Waals surface area contributed by atoms with Gasteiger partial charge in [-0.15, -0.1) is 28.6 Å². The SMILES string of the molecule is NC1C(=O)N2C(C(=O)O)=C(CSc3cc(CO)nc4nc(CO)nn34)CS[C@@H]12. The van der Waals surface area contributed by atoms with Crippen molar-refractivity contribution < 1.29 is 24.9 Å². The third-order valence-corrected chi connectivity index (χ3v) is 6.81. The van der Waals surface area contributed by atoms with Gasteiger partial charge in [-0.05, 0) is 11.6 Å². The smallest absolute Gasteiger partial charge is 0.352 e. The van der Waals surface area contributed by atoms with Gasteiger partial charge in [-0.25, -0.2) is 9.78 Å². The van der Waals surface area contributed by atoms with Crippen LogP contribution in [0.2, 0.25) is 0 Å². The molecule has 2 aromatic heterocycles. The third-order valence-electron chi connectivity index (χ3n) is 4.37. The third kappa shape index (κ3) is 3.04. The van der Waals surface area contributed by atoms with Crippen molar-refractivity contribution in [3.05, 3.63) is 28.9 Å². The lowest BCUT2D eigenvalue weighted by molar-refractivity contribution is -0.147. The van der Waals surface area contributed by atoms with E-state index in [1.54, 1.807) is 6.07 Å². The molecule has 1 unspecified atom stereocenters. The van der Waals surface area contributed by atoms with Crippen LogP contribution in [0.4, 0.5) is 0 Å². The highest BCUT2D eigenvalue weighted by Gasteiger charge is 2.51. The van der Waals surface area contributed by atoms with E-state index in [-0.39, 0.29) is 35.9 Å². The number of aliphatic hydroxyl groups excluding tert-OH is 2. The minimum atomic E-state index is -1.17. The van der Waals surface area contributed by atoms with Crippen molar-refractivity contribution in [3.8, 4) is 0 Å². The number of carboxylic acid groups (broad SMARTS) is 1. The molecule has 4 heterocycles. The molecule has 1 saturated heterocycles. The Hall–Kier alpha value is -2.19. The fourth-order valence-corrected chi connectivity index (χ4v) is 5.48. The molecule has 0 spiro atoms. The lowest BCUT2D eigenvalue weighted by atomic mass is 10.0. The summed E-state index contributed by atoms with van der Waals surface area (Å²) in [7, 11) is 0. The van der Waals surface area contributed by atoms with Crippen LogP contribution in [0.15, 0.2) is 22.4 Å². The van der Waals surface area contributed by atoms with Crippen LogP contribution >= 0.6 is 23.5 Å². The monoisotopic (exact) mass is 424 g/mol. The van der Waals surface area contributed by atoms with Crippen molar-refractivity contribution in [2.45, 2.75) is 29.7 Å². The number of carbonyl (C=O) groups excluding carboxylic acids is 1. The van der Waals surface area contributed by atoms with Gasteiger partial charge in [-0.1, -0.05) is 0 Å². The lowest BCUT2D eigenvalue weighted by Crippen LogP contribution is -2.68. The number of aliphatic hydroxyl groups is 2. The van der Waals surface area contributed by atoms with E-state index in [2.05, 4.69) is 15.1 Å². The van der Waals surface area contributed by atoms with E-state index in [1.165, 1.54) is 32.9 Å². The minimum absolute atomic E-state index is 0.0229.